The minimum Gasteiger partial charge on any atom is -0.255 e. The Kier molecular flexibility index (Phi) is 4.92. The van der Waals surface area contributed by atoms with Crippen LogP contribution in [0.1, 0.15) is 33.4 Å². The van der Waals surface area contributed by atoms with E-state index in [2.05, 4.69) is 72.8 Å². The minimum absolute atomic E-state index is 0.887. The Labute approximate surface area is 166 Å². The van der Waals surface area contributed by atoms with Crippen LogP contribution in [0.3, 0.4) is 0 Å². The monoisotopic (exact) mass is 357 g/mol. The van der Waals surface area contributed by atoms with Gasteiger partial charge in [0.2, 0.25) is 0 Å². The van der Waals surface area contributed by atoms with Crippen LogP contribution in [0.25, 0.3) is 10.9 Å². The van der Waals surface area contributed by atoms with Crippen LogP contribution < -0.4 is 0 Å². The highest BCUT2D eigenvalue weighted by molar-refractivity contribution is 5.89. The fourth-order valence-corrected chi connectivity index (χ4v) is 2.94. The van der Waals surface area contributed by atoms with E-state index in [9.17, 15) is 0 Å². The fraction of sp³-hybridized carbons (Fsp3) is 0.0741. The van der Waals surface area contributed by atoms with E-state index in [-0.39, 0.29) is 0 Å². The average Bonchev–Trinajstić information content (AvgIpc) is 2.73. The summed E-state index contributed by atoms with van der Waals surface area (Å²) in [4.78, 5) is 4.56. The summed E-state index contributed by atoms with van der Waals surface area (Å²) in [6, 6.07) is 24.5. The largest absolute Gasteiger partial charge is 0.255 e. The number of benzene rings is 3. The lowest BCUT2D eigenvalue weighted by molar-refractivity contribution is 1.40. The maximum atomic E-state index is 4.56. The van der Waals surface area contributed by atoms with Crippen molar-refractivity contribution in [1.29, 1.82) is 0 Å². The molecule has 1 heteroatoms. The zero-order chi connectivity index (χ0) is 19.3. The van der Waals surface area contributed by atoms with Gasteiger partial charge in [-0.05, 0) is 62.4 Å². The van der Waals surface area contributed by atoms with Gasteiger partial charge in [0, 0.05) is 28.3 Å². The molecule has 0 aliphatic carbocycles. The maximum Gasteiger partial charge on any atom is 0.0870 e. The van der Waals surface area contributed by atoms with Gasteiger partial charge in [0.25, 0.3) is 0 Å². The van der Waals surface area contributed by atoms with E-state index >= 15 is 0 Å². The molecule has 4 rings (SSSR count). The third-order valence-electron chi connectivity index (χ3n) is 4.56. The number of fused-ring (bicyclic) bond motifs is 1. The molecular weight excluding hydrogens is 338 g/mol. The zero-order valence-electron chi connectivity index (χ0n) is 16.0. The van der Waals surface area contributed by atoms with Gasteiger partial charge < -0.3 is 0 Å². The Morgan fingerprint density at radius 3 is 1.71 bits per heavy atom. The summed E-state index contributed by atoms with van der Waals surface area (Å²) in [6.45, 7) is 4.15. The SMILES string of the molecule is Cc1ccc(C#Cc2ccc(C#Cc3ccc(C)cc3)c3ncccc23)cc1. The first kappa shape index (κ1) is 17.6. The van der Waals surface area contributed by atoms with Crippen molar-refractivity contribution in [3.8, 4) is 23.7 Å². The quantitative estimate of drug-likeness (QED) is 0.371. The number of hydrogen-bond donors (Lipinski definition) is 0. The van der Waals surface area contributed by atoms with Gasteiger partial charge >= 0.3 is 0 Å². The van der Waals surface area contributed by atoms with Gasteiger partial charge in [-0.1, -0.05) is 59.1 Å². The number of pyridine rings is 1. The lowest BCUT2D eigenvalue weighted by Crippen LogP contribution is -1.88. The summed E-state index contributed by atoms with van der Waals surface area (Å²) in [5.74, 6) is 13.0. The Balaban J connectivity index is 1.73. The molecule has 0 radical (unpaired) electrons. The molecule has 1 nitrogen and oxygen atoms in total. The van der Waals surface area contributed by atoms with Crippen molar-refractivity contribution in [2.75, 3.05) is 0 Å². The molecule has 0 fully saturated rings. The highest BCUT2D eigenvalue weighted by atomic mass is 14.6. The molecular formula is C27H19N. The molecule has 0 aliphatic rings. The fourth-order valence-electron chi connectivity index (χ4n) is 2.94. The minimum atomic E-state index is 0.887. The summed E-state index contributed by atoms with van der Waals surface area (Å²) >= 11 is 0. The number of aromatic nitrogens is 1. The first-order chi connectivity index (χ1) is 13.7. The second-order valence-corrected chi connectivity index (χ2v) is 6.79. The van der Waals surface area contributed by atoms with Gasteiger partial charge in [-0.2, -0.15) is 0 Å². The molecule has 0 atom stereocenters. The molecule has 0 bridgehead atoms. The molecule has 0 spiro atoms. The van der Waals surface area contributed by atoms with Crippen LogP contribution in [0.4, 0.5) is 0 Å². The van der Waals surface area contributed by atoms with Gasteiger partial charge in [-0.25, -0.2) is 0 Å². The van der Waals surface area contributed by atoms with Crippen molar-refractivity contribution in [2.45, 2.75) is 13.8 Å². The Morgan fingerprint density at radius 1 is 0.571 bits per heavy atom. The maximum absolute atomic E-state index is 4.56. The number of aryl methyl sites for hydroxylation is 2. The first-order valence-corrected chi connectivity index (χ1v) is 9.24. The van der Waals surface area contributed by atoms with Crippen molar-refractivity contribution < 1.29 is 0 Å². The Morgan fingerprint density at radius 2 is 1.11 bits per heavy atom. The van der Waals surface area contributed by atoms with Crippen molar-refractivity contribution in [2.24, 2.45) is 0 Å². The molecule has 1 heterocycles. The Hall–Kier alpha value is -3.81. The zero-order valence-corrected chi connectivity index (χ0v) is 16.0. The molecule has 0 saturated heterocycles. The molecule has 0 unspecified atom stereocenters. The van der Waals surface area contributed by atoms with E-state index in [1.807, 2.05) is 42.5 Å². The van der Waals surface area contributed by atoms with Crippen molar-refractivity contribution >= 4 is 10.9 Å². The highest BCUT2D eigenvalue weighted by Gasteiger charge is 2.04. The predicted molar refractivity (Wildman–Crippen MR) is 116 cm³/mol. The van der Waals surface area contributed by atoms with Crippen molar-refractivity contribution in [1.82, 2.24) is 4.98 Å². The standard InChI is InChI=1S/C27H19N/c1-20-5-9-22(10-6-20)13-15-24-17-18-25(27-26(24)4-3-19-28-27)16-14-23-11-7-21(2)8-12-23/h3-12,17-19H,1-2H3. The van der Waals surface area contributed by atoms with Crippen LogP contribution in [0.5, 0.6) is 0 Å². The van der Waals surface area contributed by atoms with Crippen LogP contribution in [0.2, 0.25) is 0 Å². The molecule has 132 valence electrons. The smallest absolute Gasteiger partial charge is 0.0870 e. The van der Waals surface area contributed by atoms with Gasteiger partial charge in [-0.3, -0.25) is 4.98 Å². The first-order valence-electron chi connectivity index (χ1n) is 9.24. The van der Waals surface area contributed by atoms with Gasteiger partial charge in [-0.15, -0.1) is 0 Å². The third-order valence-corrected chi connectivity index (χ3v) is 4.56. The van der Waals surface area contributed by atoms with E-state index in [1.165, 1.54) is 11.1 Å². The predicted octanol–water partition coefficient (Wildman–Crippen LogP) is 5.65. The van der Waals surface area contributed by atoms with E-state index in [4.69, 9.17) is 0 Å². The molecule has 0 N–H and O–H groups in total. The molecule has 0 amide bonds. The second-order valence-electron chi connectivity index (χ2n) is 6.79. The molecule has 3 aromatic carbocycles. The summed E-state index contributed by atoms with van der Waals surface area (Å²) in [5.41, 5.74) is 7.23. The number of nitrogens with zero attached hydrogens (tertiary/aromatic N) is 1. The Bertz CT molecular complexity index is 1150. The summed E-state index contributed by atoms with van der Waals surface area (Å²) in [7, 11) is 0. The lowest BCUT2D eigenvalue weighted by Gasteiger charge is -2.02. The molecule has 0 saturated carbocycles. The van der Waals surface area contributed by atoms with E-state index < -0.39 is 0 Å². The third kappa shape index (κ3) is 3.96. The molecule has 0 aliphatic heterocycles. The van der Waals surface area contributed by atoms with E-state index in [1.54, 1.807) is 6.20 Å². The lowest BCUT2D eigenvalue weighted by atomic mass is 10.0. The van der Waals surface area contributed by atoms with Crippen molar-refractivity contribution in [3.05, 3.63) is 112 Å². The summed E-state index contributed by atoms with van der Waals surface area (Å²) in [6.07, 6.45) is 1.80. The van der Waals surface area contributed by atoms with Gasteiger partial charge in [0.15, 0.2) is 0 Å². The van der Waals surface area contributed by atoms with E-state index in [0.29, 0.717) is 0 Å². The van der Waals surface area contributed by atoms with Crippen LogP contribution in [0, 0.1) is 37.5 Å². The second kappa shape index (κ2) is 7.83. The van der Waals surface area contributed by atoms with Crippen LogP contribution >= 0.6 is 0 Å². The summed E-state index contributed by atoms with van der Waals surface area (Å²) in [5, 5.41) is 1.03. The summed E-state index contributed by atoms with van der Waals surface area (Å²) < 4.78 is 0. The van der Waals surface area contributed by atoms with Crippen LogP contribution in [0.15, 0.2) is 79.0 Å². The van der Waals surface area contributed by atoms with E-state index in [0.717, 1.165) is 33.2 Å². The molecule has 28 heavy (non-hydrogen) atoms. The van der Waals surface area contributed by atoms with Crippen LogP contribution in [-0.4, -0.2) is 4.98 Å². The average molecular weight is 357 g/mol. The number of hydrogen-bond acceptors (Lipinski definition) is 1. The molecule has 1 aromatic heterocycles. The van der Waals surface area contributed by atoms with Crippen molar-refractivity contribution in [3.63, 3.8) is 0 Å². The van der Waals surface area contributed by atoms with Gasteiger partial charge in [0.1, 0.15) is 0 Å². The van der Waals surface area contributed by atoms with Gasteiger partial charge in [0.05, 0.1) is 11.1 Å². The molecule has 4 aromatic rings. The normalized spacial score (nSPS) is 9.93. The highest BCUT2D eigenvalue weighted by Crippen LogP contribution is 2.20. The number of rotatable bonds is 0. The van der Waals surface area contributed by atoms with Crippen LogP contribution in [-0.2, 0) is 0 Å². The topological polar surface area (TPSA) is 12.9 Å².